The number of benzene rings is 1. The number of hydrogen-bond acceptors (Lipinski definition) is 3. The van der Waals surface area contributed by atoms with Crippen LogP contribution in [0.1, 0.15) is 31.7 Å². The van der Waals surface area contributed by atoms with Crippen LogP contribution in [0.15, 0.2) is 18.2 Å². The Hall–Kier alpha value is -1.01. The van der Waals surface area contributed by atoms with E-state index in [2.05, 4.69) is 5.32 Å². The highest BCUT2D eigenvalue weighted by Gasteiger charge is 2.44. The summed E-state index contributed by atoms with van der Waals surface area (Å²) in [4.78, 5) is 14.5. The van der Waals surface area contributed by atoms with Crippen LogP contribution in [0.25, 0.3) is 0 Å². The van der Waals surface area contributed by atoms with Crippen molar-refractivity contribution in [2.75, 3.05) is 32.8 Å². The number of amides is 2. The van der Waals surface area contributed by atoms with Gasteiger partial charge in [-0.05, 0) is 24.6 Å². The van der Waals surface area contributed by atoms with Gasteiger partial charge in [0.2, 0.25) is 0 Å². The van der Waals surface area contributed by atoms with Gasteiger partial charge in [-0.25, -0.2) is 4.79 Å². The van der Waals surface area contributed by atoms with Gasteiger partial charge in [0, 0.05) is 42.1 Å². The molecule has 1 aromatic carbocycles. The van der Waals surface area contributed by atoms with Crippen LogP contribution in [-0.4, -0.2) is 55.5 Å². The summed E-state index contributed by atoms with van der Waals surface area (Å²) in [6.45, 7) is 6.83. The molecule has 1 N–H and O–H groups in total. The highest BCUT2D eigenvalue weighted by Crippen LogP contribution is 2.32. The van der Waals surface area contributed by atoms with Gasteiger partial charge in [0.05, 0.1) is 19.3 Å². The summed E-state index contributed by atoms with van der Waals surface area (Å²) >= 11 is 12.5. The first kappa shape index (κ1) is 18.8. The second-order valence-corrected chi connectivity index (χ2v) is 7.83. The zero-order valence-electron chi connectivity index (χ0n) is 14.6. The molecule has 0 aliphatic carbocycles. The van der Waals surface area contributed by atoms with E-state index in [1.165, 1.54) is 0 Å². The maximum atomic E-state index is 12.6. The number of nitrogens with zero attached hydrogens (tertiary/aromatic N) is 1. The normalized spacial score (nSPS) is 27.5. The summed E-state index contributed by atoms with van der Waals surface area (Å²) in [7, 11) is 0. The Balaban J connectivity index is 1.60. The molecular weight excluding hydrogens is 363 g/mol. The lowest BCUT2D eigenvalue weighted by molar-refractivity contribution is -0.137. The van der Waals surface area contributed by atoms with Crippen molar-refractivity contribution in [1.29, 1.82) is 0 Å². The average molecular weight is 387 g/mol. The molecule has 2 amide bonds. The molecule has 0 aromatic heterocycles. The molecule has 2 fully saturated rings. The Kier molecular flexibility index (Phi) is 5.78. The zero-order valence-corrected chi connectivity index (χ0v) is 16.1. The zero-order chi connectivity index (χ0) is 18.0. The van der Waals surface area contributed by atoms with Crippen molar-refractivity contribution in [1.82, 2.24) is 10.2 Å². The maximum Gasteiger partial charge on any atom is 0.317 e. The third-order valence-corrected chi connectivity index (χ3v) is 5.47. The third kappa shape index (κ3) is 4.22. The topological polar surface area (TPSA) is 50.8 Å². The van der Waals surface area contributed by atoms with E-state index in [9.17, 15) is 4.79 Å². The Bertz CT molecular complexity index is 614. The SMILES string of the molecule is CC1CN(C(=O)NCC(C)c2c(Cl)cccc2Cl)CC2(CCOC2)O1. The first-order valence-electron chi connectivity index (χ1n) is 8.62. The van der Waals surface area contributed by atoms with Gasteiger partial charge in [-0.3, -0.25) is 0 Å². The molecule has 3 atom stereocenters. The van der Waals surface area contributed by atoms with E-state index in [1.54, 1.807) is 0 Å². The van der Waals surface area contributed by atoms with Crippen LogP contribution in [0, 0.1) is 0 Å². The lowest BCUT2D eigenvalue weighted by atomic mass is 9.99. The van der Waals surface area contributed by atoms with Crippen LogP contribution in [0.4, 0.5) is 4.79 Å². The largest absolute Gasteiger partial charge is 0.378 e. The molecule has 3 unspecified atom stereocenters. The van der Waals surface area contributed by atoms with Crippen molar-refractivity contribution in [3.8, 4) is 0 Å². The van der Waals surface area contributed by atoms with Crippen molar-refractivity contribution < 1.29 is 14.3 Å². The fourth-order valence-electron chi connectivity index (χ4n) is 3.62. The molecule has 0 saturated carbocycles. The van der Waals surface area contributed by atoms with Gasteiger partial charge in [0.15, 0.2) is 0 Å². The van der Waals surface area contributed by atoms with E-state index in [4.69, 9.17) is 32.7 Å². The van der Waals surface area contributed by atoms with Crippen molar-refractivity contribution in [3.05, 3.63) is 33.8 Å². The summed E-state index contributed by atoms with van der Waals surface area (Å²) in [5.41, 5.74) is 0.509. The molecule has 2 saturated heterocycles. The smallest absolute Gasteiger partial charge is 0.317 e. The predicted molar refractivity (Wildman–Crippen MR) is 98.6 cm³/mol. The van der Waals surface area contributed by atoms with E-state index < -0.39 is 0 Å². The van der Waals surface area contributed by atoms with Crippen LogP contribution >= 0.6 is 23.2 Å². The number of carbonyl (C=O) groups is 1. The van der Waals surface area contributed by atoms with E-state index >= 15 is 0 Å². The van der Waals surface area contributed by atoms with E-state index in [0.29, 0.717) is 42.9 Å². The molecule has 2 aliphatic heterocycles. The number of carbonyl (C=O) groups excluding carboxylic acids is 1. The van der Waals surface area contributed by atoms with Gasteiger partial charge in [-0.1, -0.05) is 36.2 Å². The number of nitrogens with one attached hydrogen (secondary N) is 1. The molecule has 7 heteroatoms. The fourth-order valence-corrected chi connectivity index (χ4v) is 4.39. The van der Waals surface area contributed by atoms with Gasteiger partial charge in [0.1, 0.15) is 5.60 Å². The Labute approximate surface area is 158 Å². The monoisotopic (exact) mass is 386 g/mol. The second kappa shape index (κ2) is 7.70. The molecule has 25 heavy (non-hydrogen) atoms. The van der Waals surface area contributed by atoms with Crippen LogP contribution in [0.3, 0.4) is 0 Å². The number of halogens is 2. The maximum absolute atomic E-state index is 12.6. The first-order chi connectivity index (χ1) is 11.9. The van der Waals surface area contributed by atoms with Crippen LogP contribution in [0.5, 0.6) is 0 Å². The summed E-state index contributed by atoms with van der Waals surface area (Å²) < 4.78 is 11.5. The van der Waals surface area contributed by atoms with Crippen molar-refractivity contribution in [2.24, 2.45) is 0 Å². The van der Waals surface area contributed by atoms with Crippen LogP contribution in [-0.2, 0) is 9.47 Å². The first-order valence-corrected chi connectivity index (χ1v) is 9.38. The van der Waals surface area contributed by atoms with Crippen LogP contribution < -0.4 is 5.32 Å². The lowest BCUT2D eigenvalue weighted by Crippen LogP contribution is -2.59. The summed E-state index contributed by atoms with van der Waals surface area (Å²) in [5, 5.41) is 4.25. The van der Waals surface area contributed by atoms with E-state index in [1.807, 2.05) is 36.9 Å². The molecule has 3 rings (SSSR count). The summed E-state index contributed by atoms with van der Waals surface area (Å²) in [6, 6.07) is 5.36. The molecule has 0 radical (unpaired) electrons. The van der Waals surface area contributed by atoms with E-state index in [0.717, 1.165) is 12.0 Å². The standard InChI is InChI=1S/C18H24Cl2N2O3/c1-12(16-14(19)4-3-5-15(16)20)8-21-17(23)22-9-13(2)25-18(10-22)6-7-24-11-18/h3-5,12-13H,6-11H2,1-2H3,(H,21,23). The van der Waals surface area contributed by atoms with Gasteiger partial charge in [-0.15, -0.1) is 0 Å². The van der Waals surface area contributed by atoms with E-state index in [-0.39, 0.29) is 23.7 Å². The highest BCUT2D eigenvalue weighted by molar-refractivity contribution is 6.36. The molecule has 0 bridgehead atoms. The molecule has 5 nitrogen and oxygen atoms in total. The van der Waals surface area contributed by atoms with Crippen LogP contribution in [0.2, 0.25) is 10.0 Å². The quantitative estimate of drug-likeness (QED) is 0.861. The molecule has 2 aliphatic rings. The van der Waals surface area contributed by atoms with Gasteiger partial charge < -0.3 is 19.7 Å². The number of morpholine rings is 1. The fraction of sp³-hybridized carbons (Fsp3) is 0.611. The van der Waals surface area contributed by atoms with Crippen molar-refractivity contribution in [2.45, 2.75) is 37.9 Å². The Morgan fingerprint density at radius 3 is 2.80 bits per heavy atom. The van der Waals surface area contributed by atoms with Crippen molar-refractivity contribution in [3.63, 3.8) is 0 Å². The number of urea groups is 1. The molecule has 1 spiro atoms. The van der Waals surface area contributed by atoms with Gasteiger partial charge >= 0.3 is 6.03 Å². The minimum atomic E-state index is -0.354. The molecular formula is C18H24Cl2N2O3. The molecule has 1 aromatic rings. The molecule has 138 valence electrons. The van der Waals surface area contributed by atoms with Crippen molar-refractivity contribution >= 4 is 29.2 Å². The average Bonchev–Trinajstić information content (AvgIpc) is 2.99. The number of hydrogen-bond donors (Lipinski definition) is 1. The van der Waals surface area contributed by atoms with Gasteiger partial charge in [0.25, 0.3) is 0 Å². The Morgan fingerprint density at radius 1 is 1.44 bits per heavy atom. The minimum Gasteiger partial charge on any atom is -0.378 e. The highest BCUT2D eigenvalue weighted by atomic mass is 35.5. The lowest BCUT2D eigenvalue weighted by Gasteiger charge is -2.42. The minimum absolute atomic E-state index is 0.00312. The number of rotatable bonds is 3. The second-order valence-electron chi connectivity index (χ2n) is 7.02. The summed E-state index contributed by atoms with van der Waals surface area (Å²) in [5.74, 6) is 0.0207. The third-order valence-electron chi connectivity index (χ3n) is 4.81. The molecule has 2 heterocycles. The summed E-state index contributed by atoms with van der Waals surface area (Å²) in [6.07, 6.45) is 0.823. The number of ether oxygens (including phenoxy) is 2. The Morgan fingerprint density at radius 2 is 2.16 bits per heavy atom. The predicted octanol–water partition coefficient (Wildman–Crippen LogP) is 3.69. The van der Waals surface area contributed by atoms with Gasteiger partial charge in [-0.2, -0.15) is 0 Å².